The lowest BCUT2D eigenvalue weighted by molar-refractivity contribution is -0.137. The zero-order chi connectivity index (χ0) is 23.3. The highest BCUT2D eigenvalue weighted by atomic mass is 16.4. The Morgan fingerprint density at radius 2 is 1.81 bits per heavy atom. The molecule has 2 aromatic rings. The largest absolute Gasteiger partial charge is 0.506 e. The zero-order valence-corrected chi connectivity index (χ0v) is 17.4. The Kier molecular flexibility index (Phi) is 7.36. The fraction of sp³-hybridized carbons (Fsp3) is 0.273. The first-order valence-electron chi connectivity index (χ1n) is 9.59. The standard InChI is InChI=1S/C22H24N2O7/c1-4-15(9-13-5-7-17(25)21-16(13)6-8-18(26)23-21)24(12(2)3)19(27)10-14(22(30)31)11-20(28)29/h5-9,11-12,25H,4,10H2,1-3H3,(H,23,26)(H,28,29)(H,30,31)/b14-11+,15-9+. The molecule has 0 atom stereocenters. The number of aliphatic carboxylic acids is 2. The van der Waals surface area contributed by atoms with Gasteiger partial charge in [0.2, 0.25) is 11.5 Å². The van der Waals surface area contributed by atoms with Crippen molar-refractivity contribution in [2.24, 2.45) is 0 Å². The van der Waals surface area contributed by atoms with E-state index >= 15 is 0 Å². The summed E-state index contributed by atoms with van der Waals surface area (Å²) in [7, 11) is 0. The first-order valence-corrected chi connectivity index (χ1v) is 9.59. The van der Waals surface area contributed by atoms with E-state index in [2.05, 4.69) is 4.98 Å². The van der Waals surface area contributed by atoms with Gasteiger partial charge >= 0.3 is 11.9 Å². The van der Waals surface area contributed by atoms with Gasteiger partial charge in [0.1, 0.15) is 5.75 Å². The van der Waals surface area contributed by atoms with Crippen molar-refractivity contribution in [1.29, 1.82) is 0 Å². The maximum absolute atomic E-state index is 12.9. The number of phenols is 1. The van der Waals surface area contributed by atoms with Crippen LogP contribution in [0.1, 0.15) is 39.2 Å². The number of aromatic hydroxyl groups is 1. The van der Waals surface area contributed by atoms with E-state index in [4.69, 9.17) is 5.11 Å². The van der Waals surface area contributed by atoms with Crippen molar-refractivity contribution in [1.82, 2.24) is 9.88 Å². The fourth-order valence-corrected chi connectivity index (χ4v) is 3.27. The van der Waals surface area contributed by atoms with Gasteiger partial charge in [-0.3, -0.25) is 9.59 Å². The maximum atomic E-state index is 12.9. The van der Waals surface area contributed by atoms with Crippen LogP contribution in [0.25, 0.3) is 17.0 Å². The summed E-state index contributed by atoms with van der Waals surface area (Å²) >= 11 is 0. The molecule has 9 heteroatoms. The molecule has 1 amide bonds. The molecule has 164 valence electrons. The Bertz CT molecular complexity index is 1140. The molecule has 0 aliphatic heterocycles. The number of nitrogens with one attached hydrogen (secondary N) is 1. The van der Waals surface area contributed by atoms with Crippen molar-refractivity contribution in [3.8, 4) is 5.75 Å². The summed E-state index contributed by atoms with van der Waals surface area (Å²) in [5, 5.41) is 28.7. The number of H-pyrrole nitrogens is 1. The third-order valence-electron chi connectivity index (χ3n) is 4.60. The average Bonchev–Trinajstić information content (AvgIpc) is 2.68. The van der Waals surface area contributed by atoms with Crippen LogP contribution in [0.5, 0.6) is 5.75 Å². The number of aromatic nitrogens is 1. The van der Waals surface area contributed by atoms with Gasteiger partial charge in [-0.25, -0.2) is 9.59 Å². The summed E-state index contributed by atoms with van der Waals surface area (Å²) in [4.78, 5) is 50.8. The van der Waals surface area contributed by atoms with Gasteiger partial charge in [-0.2, -0.15) is 0 Å². The average molecular weight is 428 g/mol. The molecule has 4 N–H and O–H groups in total. The van der Waals surface area contributed by atoms with Crippen LogP contribution in [-0.2, 0) is 14.4 Å². The van der Waals surface area contributed by atoms with Crippen molar-refractivity contribution in [3.63, 3.8) is 0 Å². The quantitative estimate of drug-likeness (QED) is 0.472. The van der Waals surface area contributed by atoms with E-state index in [1.807, 2.05) is 6.92 Å². The number of nitrogens with zero attached hydrogens (tertiary/aromatic N) is 1. The van der Waals surface area contributed by atoms with Crippen LogP contribution >= 0.6 is 0 Å². The van der Waals surface area contributed by atoms with E-state index in [0.29, 0.717) is 29.1 Å². The third-order valence-corrected chi connectivity index (χ3v) is 4.60. The third kappa shape index (κ3) is 5.59. The Hall–Kier alpha value is -3.88. The normalized spacial score (nSPS) is 12.3. The minimum absolute atomic E-state index is 0.0930. The van der Waals surface area contributed by atoms with Gasteiger partial charge in [-0.1, -0.05) is 13.0 Å². The number of hydrogen-bond donors (Lipinski definition) is 4. The Morgan fingerprint density at radius 1 is 1.13 bits per heavy atom. The van der Waals surface area contributed by atoms with E-state index < -0.39 is 29.8 Å². The van der Waals surface area contributed by atoms with Gasteiger partial charge < -0.3 is 25.2 Å². The molecule has 31 heavy (non-hydrogen) atoms. The van der Waals surface area contributed by atoms with Gasteiger partial charge in [0.25, 0.3) is 0 Å². The van der Waals surface area contributed by atoms with Gasteiger partial charge in [0.05, 0.1) is 17.5 Å². The Morgan fingerprint density at radius 3 is 2.35 bits per heavy atom. The van der Waals surface area contributed by atoms with Gasteiger partial charge in [0, 0.05) is 29.3 Å². The van der Waals surface area contributed by atoms with Crippen LogP contribution in [0.4, 0.5) is 0 Å². The number of rotatable bonds is 8. The smallest absolute Gasteiger partial charge is 0.332 e. The maximum Gasteiger partial charge on any atom is 0.332 e. The number of pyridine rings is 1. The summed E-state index contributed by atoms with van der Waals surface area (Å²) in [5.74, 6) is -3.58. The SMILES string of the molecule is CC/C(=C\c1ccc(O)c2[nH]c(=O)ccc12)N(C(=O)C/C(=C\C(=O)O)C(=O)O)C(C)C. The predicted octanol–water partition coefficient (Wildman–Crippen LogP) is 2.71. The number of carboxylic acids is 2. The lowest BCUT2D eigenvalue weighted by Gasteiger charge is -2.29. The van der Waals surface area contributed by atoms with Crippen LogP contribution < -0.4 is 5.56 Å². The monoisotopic (exact) mass is 428 g/mol. The van der Waals surface area contributed by atoms with Crippen LogP contribution in [0.15, 0.2) is 46.4 Å². The number of phenolic OH excluding ortho intramolecular Hbond substituents is 1. The molecule has 9 nitrogen and oxygen atoms in total. The Labute approximate surface area is 177 Å². The van der Waals surface area contributed by atoms with Crippen LogP contribution in [0, 0.1) is 0 Å². The molecule has 1 aromatic heterocycles. The molecule has 0 saturated carbocycles. The number of hydrogen-bond acceptors (Lipinski definition) is 5. The zero-order valence-electron chi connectivity index (χ0n) is 17.4. The van der Waals surface area contributed by atoms with Crippen molar-refractivity contribution >= 4 is 34.8 Å². The van der Waals surface area contributed by atoms with E-state index in [1.165, 1.54) is 17.0 Å². The number of carboxylic acid groups (broad SMARTS) is 2. The molecule has 0 aliphatic rings. The predicted molar refractivity (Wildman–Crippen MR) is 114 cm³/mol. The highest BCUT2D eigenvalue weighted by Gasteiger charge is 2.24. The molecular formula is C22H24N2O7. The molecule has 0 fully saturated rings. The first kappa shape index (κ1) is 23.4. The molecule has 0 bridgehead atoms. The van der Waals surface area contributed by atoms with Crippen LogP contribution in [-0.4, -0.2) is 49.1 Å². The number of carbonyl (C=O) groups excluding carboxylic acids is 1. The molecule has 2 rings (SSSR count). The minimum Gasteiger partial charge on any atom is -0.506 e. The second-order valence-corrected chi connectivity index (χ2v) is 7.12. The topological polar surface area (TPSA) is 148 Å². The van der Waals surface area contributed by atoms with E-state index in [9.17, 15) is 29.4 Å². The second kappa shape index (κ2) is 9.75. The fourth-order valence-electron chi connectivity index (χ4n) is 3.27. The summed E-state index contributed by atoms with van der Waals surface area (Å²) in [6.45, 7) is 5.34. The molecular weight excluding hydrogens is 404 g/mol. The molecule has 1 heterocycles. The number of allylic oxidation sites excluding steroid dienone is 1. The van der Waals surface area contributed by atoms with Crippen molar-refractivity contribution < 1.29 is 29.7 Å². The molecule has 0 aliphatic carbocycles. The lowest BCUT2D eigenvalue weighted by atomic mass is 10.0. The van der Waals surface area contributed by atoms with Crippen molar-refractivity contribution in [2.75, 3.05) is 0 Å². The summed E-state index contributed by atoms with van der Waals surface area (Å²) < 4.78 is 0. The molecule has 0 radical (unpaired) electrons. The number of aromatic amines is 1. The molecule has 1 aromatic carbocycles. The lowest BCUT2D eigenvalue weighted by Crippen LogP contribution is -2.36. The van der Waals surface area contributed by atoms with E-state index in [1.54, 1.807) is 32.1 Å². The molecule has 0 unspecified atom stereocenters. The van der Waals surface area contributed by atoms with Gasteiger partial charge in [0.15, 0.2) is 0 Å². The Balaban J connectivity index is 2.54. The highest BCUT2D eigenvalue weighted by molar-refractivity contribution is 6.00. The molecule has 0 spiro atoms. The van der Waals surface area contributed by atoms with Crippen molar-refractivity contribution in [2.45, 2.75) is 39.7 Å². The van der Waals surface area contributed by atoms with E-state index in [-0.39, 0.29) is 22.9 Å². The summed E-state index contributed by atoms with van der Waals surface area (Å²) in [6.07, 6.45) is 2.07. The first-order chi connectivity index (χ1) is 14.5. The number of carbonyl (C=O) groups is 3. The number of benzene rings is 1. The van der Waals surface area contributed by atoms with Crippen LogP contribution in [0.3, 0.4) is 0 Å². The highest BCUT2D eigenvalue weighted by Crippen LogP contribution is 2.28. The minimum atomic E-state index is -1.48. The van der Waals surface area contributed by atoms with Gasteiger partial charge in [-0.15, -0.1) is 0 Å². The number of fused-ring (bicyclic) bond motifs is 1. The van der Waals surface area contributed by atoms with Gasteiger partial charge in [-0.05, 0) is 44.0 Å². The summed E-state index contributed by atoms with van der Waals surface area (Å²) in [5.41, 5.74) is 0.574. The van der Waals surface area contributed by atoms with E-state index in [0.717, 1.165) is 0 Å². The second-order valence-electron chi connectivity index (χ2n) is 7.12. The van der Waals surface area contributed by atoms with Crippen molar-refractivity contribution in [3.05, 3.63) is 57.5 Å². The number of amides is 1. The molecule has 0 saturated heterocycles. The van der Waals surface area contributed by atoms with Crippen LogP contribution in [0.2, 0.25) is 0 Å². The summed E-state index contributed by atoms with van der Waals surface area (Å²) in [6, 6.07) is 5.62.